The highest BCUT2D eigenvalue weighted by molar-refractivity contribution is 6.10. The summed E-state index contributed by atoms with van der Waals surface area (Å²) in [5.41, 5.74) is 7.35. The molecule has 2 amide bonds. The third kappa shape index (κ3) is 3.51. The third-order valence-corrected chi connectivity index (χ3v) is 5.72. The molecule has 1 aliphatic heterocycles. The van der Waals surface area contributed by atoms with Crippen molar-refractivity contribution in [2.24, 2.45) is 7.05 Å². The maximum atomic E-state index is 11.6. The largest absolute Gasteiger partial charge is 0.365 e. The van der Waals surface area contributed by atoms with Gasteiger partial charge in [-0.05, 0) is 47.0 Å². The molecule has 0 bridgehead atoms. The summed E-state index contributed by atoms with van der Waals surface area (Å²) in [6.45, 7) is 5.55. The van der Waals surface area contributed by atoms with Crippen molar-refractivity contribution in [2.45, 2.75) is 13.5 Å². The van der Waals surface area contributed by atoms with Crippen molar-refractivity contribution in [3.63, 3.8) is 0 Å². The minimum atomic E-state index is -0.256. The Kier molecular flexibility index (Phi) is 4.90. The summed E-state index contributed by atoms with van der Waals surface area (Å²) in [5.74, 6) is 0.398. The van der Waals surface area contributed by atoms with Gasteiger partial charge in [-0.15, -0.1) is 0 Å². The van der Waals surface area contributed by atoms with E-state index in [0.29, 0.717) is 12.2 Å². The zero-order valence-electron chi connectivity index (χ0n) is 18.3. The predicted molar refractivity (Wildman–Crippen MR) is 130 cm³/mol. The Labute approximate surface area is 190 Å². The Bertz CT molecular complexity index is 1440. The molecule has 5 rings (SSSR count). The molecule has 0 unspecified atom stereocenters. The van der Waals surface area contributed by atoms with E-state index in [-0.39, 0.29) is 11.8 Å². The first-order valence-electron chi connectivity index (χ1n) is 10.5. The van der Waals surface area contributed by atoms with Crippen molar-refractivity contribution in [3.8, 4) is 22.4 Å². The Morgan fingerprint density at radius 1 is 1.09 bits per heavy atom. The van der Waals surface area contributed by atoms with Gasteiger partial charge in [0, 0.05) is 37.5 Å². The van der Waals surface area contributed by atoms with Gasteiger partial charge >= 0.3 is 0 Å². The van der Waals surface area contributed by atoms with Crippen LogP contribution in [0.25, 0.3) is 33.4 Å². The standard InChI is InChI=1S/C25H22N6O2/c1-4-20(33)30-17-7-5-15(6-8-17)23-21-19-10-9-18(29-14(2)32)11-16(19)12-26-24-22(21)25(31(23)3)28-13-27-24/h4-11,13H,1,12H2,2-3H3,(H,29,32)(H,30,33)(H,26,27,28). The fourth-order valence-electron chi connectivity index (χ4n) is 4.34. The number of carbonyl (C=O) groups is 2. The third-order valence-electron chi connectivity index (χ3n) is 5.72. The maximum absolute atomic E-state index is 11.6. The Morgan fingerprint density at radius 3 is 2.58 bits per heavy atom. The minimum Gasteiger partial charge on any atom is -0.365 e. The fourth-order valence-corrected chi connectivity index (χ4v) is 4.34. The molecule has 33 heavy (non-hydrogen) atoms. The average molecular weight is 438 g/mol. The summed E-state index contributed by atoms with van der Waals surface area (Å²) in [4.78, 5) is 32.2. The number of fused-ring (bicyclic) bond motifs is 2. The lowest BCUT2D eigenvalue weighted by Crippen LogP contribution is -2.07. The second kappa shape index (κ2) is 7.90. The van der Waals surface area contributed by atoms with Crippen molar-refractivity contribution in [1.29, 1.82) is 0 Å². The predicted octanol–water partition coefficient (Wildman–Crippen LogP) is 4.31. The summed E-state index contributed by atoms with van der Waals surface area (Å²) < 4.78 is 2.06. The molecule has 164 valence electrons. The number of aryl methyl sites for hydroxylation is 1. The SMILES string of the molecule is C=CC(=O)Nc1ccc(-c2c3c4c(ncnc4n2C)NCc2cc(NC(C)=O)ccc2-3)cc1. The van der Waals surface area contributed by atoms with Gasteiger partial charge in [0.05, 0.1) is 11.1 Å². The molecule has 3 N–H and O–H groups in total. The van der Waals surface area contributed by atoms with E-state index >= 15 is 0 Å². The van der Waals surface area contributed by atoms with Crippen LogP contribution in [0.5, 0.6) is 0 Å². The molecule has 2 aromatic carbocycles. The van der Waals surface area contributed by atoms with Gasteiger partial charge in [-0.3, -0.25) is 9.59 Å². The number of nitrogens with one attached hydrogen (secondary N) is 3. The first kappa shape index (κ1) is 20.4. The van der Waals surface area contributed by atoms with Crippen LogP contribution in [0, 0.1) is 0 Å². The average Bonchev–Trinajstić information content (AvgIpc) is 3.00. The van der Waals surface area contributed by atoms with E-state index in [0.717, 1.165) is 50.5 Å². The van der Waals surface area contributed by atoms with Gasteiger partial charge in [-0.2, -0.15) is 0 Å². The molecule has 0 saturated carbocycles. The van der Waals surface area contributed by atoms with Crippen molar-refractivity contribution >= 4 is 40.0 Å². The molecule has 0 radical (unpaired) electrons. The van der Waals surface area contributed by atoms with Crippen LogP contribution in [-0.2, 0) is 23.2 Å². The Hall–Kier alpha value is -4.46. The molecule has 0 spiro atoms. The number of hydrogen-bond acceptors (Lipinski definition) is 5. The number of rotatable bonds is 4. The highest BCUT2D eigenvalue weighted by atomic mass is 16.2. The maximum Gasteiger partial charge on any atom is 0.247 e. The summed E-state index contributed by atoms with van der Waals surface area (Å²) in [6, 6.07) is 13.6. The smallest absolute Gasteiger partial charge is 0.247 e. The van der Waals surface area contributed by atoms with Crippen molar-refractivity contribution in [3.05, 3.63) is 67.0 Å². The van der Waals surface area contributed by atoms with E-state index in [1.54, 1.807) is 6.33 Å². The normalized spacial score (nSPS) is 11.8. The van der Waals surface area contributed by atoms with Crippen LogP contribution in [0.3, 0.4) is 0 Å². The van der Waals surface area contributed by atoms with Crippen LogP contribution in [-0.4, -0.2) is 26.3 Å². The number of amides is 2. The molecule has 0 atom stereocenters. The quantitative estimate of drug-likeness (QED) is 0.412. The lowest BCUT2D eigenvalue weighted by Gasteiger charge is -2.14. The molecule has 0 aliphatic carbocycles. The van der Waals surface area contributed by atoms with E-state index in [1.807, 2.05) is 49.5 Å². The molecule has 3 heterocycles. The number of aromatic nitrogens is 3. The van der Waals surface area contributed by atoms with Crippen molar-refractivity contribution < 1.29 is 9.59 Å². The second-order valence-corrected chi connectivity index (χ2v) is 7.88. The minimum absolute atomic E-state index is 0.114. The number of anilines is 3. The molecular weight excluding hydrogens is 416 g/mol. The highest BCUT2D eigenvalue weighted by Gasteiger charge is 2.26. The van der Waals surface area contributed by atoms with Crippen molar-refractivity contribution in [2.75, 3.05) is 16.0 Å². The van der Waals surface area contributed by atoms with Gasteiger partial charge in [-0.25, -0.2) is 9.97 Å². The Morgan fingerprint density at radius 2 is 1.85 bits per heavy atom. The van der Waals surface area contributed by atoms with E-state index in [1.165, 1.54) is 13.0 Å². The van der Waals surface area contributed by atoms with Gasteiger partial charge in [0.25, 0.3) is 0 Å². The molecule has 8 nitrogen and oxygen atoms in total. The lowest BCUT2D eigenvalue weighted by atomic mass is 9.95. The Balaban J connectivity index is 1.71. The topological polar surface area (TPSA) is 101 Å². The molecular formula is C25H22N6O2. The monoisotopic (exact) mass is 438 g/mol. The van der Waals surface area contributed by atoms with Gasteiger partial charge < -0.3 is 20.5 Å². The van der Waals surface area contributed by atoms with E-state index in [4.69, 9.17) is 0 Å². The van der Waals surface area contributed by atoms with Crippen molar-refractivity contribution in [1.82, 2.24) is 14.5 Å². The second-order valence-electron chi connectivity index (χ2n) is 7.88. The lowest BCUT2D eigenvalue weighted by molar-refractivity contribution is -0.114. The van der Waals surface area contributed by atoms with Gasteiger partial charge in [0.1, 0.15) is 17.8 Å². The molecule has 4 aromatic rings. The van der Waals surface area contributed by atoms with Gasteiger partial charge in [0.2, 0.25) is 11.8 Å². The number of nitrogens with zero attached hydrogens (tertiary/aromatic N) is 3. The van der Waals surface area contributed by atoms with Crippen LogP contribution in [0.1, 0.15) is 12.5 Å². The van der Waals surface area contributed by atoms with Crippen LogP contribution >= 0.6 is 0 Å². The summed E-state index contributed by atoms with van der Waals surface area (Å²) in [6.07, 6.45) is 2.80. The number of carbonyl (C=O) groups excluding carboxylic acids is 2. The van der Waals surface area contributed by atoms with E-state index < -0.39 is 0 Å². The molecule has 0 fully saturated rings. The molecule has 2 aromatic heterocycles. The van der Waals surface area contributed by atoms with Crippen LogP contribution in [0.2, 0.25) is 0 Å². The van der Waals surface area contributed by atoms with Gasteiger partial charge in [-0.1, -0.05) is 24.8 Å². The zero-order chi connectivity index (χ0) is 23.1. The van der Waals surface area contributed by atoms with Crippen LogP contribution in [0.4, 0.5) is 17.2 Å². The fraction of sp³-hybridized carbons (Fsp3) is 0.120. The first-order chi connectivity index (χ1) is 16.0. The number of benzene rings is 2. The van der Waals surface area contributed by atoms with E-state index in [9.17, 15) is 9.59 Å². The summed E-state index contributed by atoms with van der Waals surface area (Å²) >= 11 is 0. The highest BCUT2D eigenvalue weighted by Crippen LogP contribution is 2.45. The molecule has 1 aliphatic rings. The van der Waals surface area contributed by atoms with Crippen LogP contribution < -0.4 is 16.0 Å². The molecule has 8 heteroatoms. The van der Waals surface area contributed by atoms with Gasteiger partial charge in [0.15, 0.2) is 0 Å². The van der Waals surface area contributed by atoms with E-state index in [2.05, 4.69) is 37.1 Å². The number of hydrogen-bond donors (Lipinski definition) is 3. The first-order valence-corrected chi connectivity index (χ1v) is 10.5. The molecule has 0 saturated heterocycles. The summed E-state index contributed by atoms with van der Waals surface area (Å²) in [7, 11) is 1.98. The van der Waals surface area contributed by atoms with Crippen LogP contribution in [0.15, 0.2) is 61.4 Å². The summed E-state index contributed by atoms with van der Waals surface area (Å²) in [5, 5.41) is 10.0. The zero-order valence-corrected chi connectivity index (χ0v) is 18.3.